The summed E-state index contributed by atoms with van der Waals surface area (Å²) in [5.41, 5.74) is 0.957. The van der Waals surface area contributed by atoms with Crippen molar-refractivity contribution in [2.24, 2.45) is 0 Å². The average molecular weight is 266 g/mol. The van der Waals surface area contributed by atoms with Crippen LogP contribution in [0.25, 0.3) is 0 Å². The smallest absolute Gasteiger partial charge is 0.319 e. The molecule has 0 radical (unpaired) electrons. The number of carbonyl (C=O) groups is 1. The first-order chi connectivity index (χ1) is 8.84. The van der Waals surface area contributed by atoms with Crippen molar-refractivity contribution in [1.82, 2.24) is 5.32 Å². The van der Waals surface area contributed by atoms with E-state index in [0.29, 0.717) is 12.3 Å². The molecule has 0 aliphatic carbocycles. The number of urea groups is 1. The number of rotatable bonds is 5. The molecule has 0 spiro atoms. The second-order valence-corrected chi connectivity index (χ2v) is 5.20. The maximum absolute atomic E-state index is 11.8. The molecule has 1 aromatic rings. The molecule has 1 rings (SSSR count). The van der Waals surface area contributed by atoms with E-state index >= 15 is 0 Å². The van der Waals surface area contributed by atoms with Gasteiger partial charge >= 0.3 is 6.03 Å². The number of aliphatic hydroxyl groups is 1. The Morgan fingerprint density at radius 2 is 2.16 bits per heavy atom. The predicted octanol–water partition coefficient (Wildman–Crippen LogP) is 2.29. The summed E-state index contributed by atoms with van der Waals surface area (Å²) in [5, 5.41) is 15.0. The van der Waals surface area contributed by atoms with Crippen LogP contribution in [0, 0.1) is 0 Å². The standard InChI is InChI=1S/C14H22N2O3/c1-10(17)11-6-5-7-12(8-11)15-13(18)16-14(2,3)9-19-4/h5-8,10,17H,9H2,1-4H3,(H2,15,16,18). The largest absolute Gasteiger partial charge is 0.389 e. The van der Waals surface area contributed by atoms with Crippen LogP contribution in [0.2, 0.25) is 0 Å². The third kappa shape index (κ3) is 5.28. The van der Waals surface area contributed by atoms with Gasteiger partial charge in [-0.05, 0) is 38.5 Å². The molecule has 0 bridgehead atoms. The molecule has 2 amide bonds. The van der Waals surface area contributed by atoms with Gasteiger partial charge in [0.15, 0.2) is 0 Å². The lowest BCUT2D eigenvalue weighted by Gasteiger charge is -2.25. The van der Waals surface area contributed by atoms with E-state index in [4.69, 9.17) is 4.74 Å². The molecular formula is C14H22N2O3. The summed E-state index contributed by atoms with van der Waals surface area (Å²) in [6, 6.07) is 6.81. The summed E-state index contributed by atoms with van der Waals surface area (Å²) in [4.78, 5) is 11.8. The molecule has 1 unspecified atom stereocenters. The van der Waals surface area contributed by atoms with Crippen LogP contribution in [0.3, 0.4) is 0 Å². The SMILES string of the molecule is COCC(C)(C)NC(=O)Nc1cccc(C(C)O)c1. The number of aliphatic hydroxyl groups excluding tert-OH is 1. The number of hydrogen-bond acceptors (Lipinski definition) is 3. The molecular weight excluding hydrogens is 244 g/mol. The number of amides is 2. The molecule has 1 aromatic carbocycles. The van der Waals surface area contributed by atoms with Crippen molar-refractivity contribution in [3.63, 3.8) is 0 Å². The van der Waals surface area contributed by atoms with E-state index in [-0.39, 0.29) is 6.03 Å². The van der Waals surface area contributed by atoms with Crippen molar-refractivity contribution in [3.8, 4) is 0 Å². The molecule has 5 nitrogen and oxygen atoms in total. The van der Waals surface area contributed by atoms with Gasteiger partial charge in [0.25, 0.3) is 0 Å². The number of hydrogen-bond donors (Lipinski definition) is 3. The minimum Gasteiger partial charge on any atom is -0.389 e. The Kier molecular flexibility index (Phi) is 5.32. The molecule has 0 fully saturated rings. The Balaban J connectivity index is 2.64. The third-order valence-corrected chi connectivity index (χ3v) is 2.58. The molecule has 0 aliphatic heterocycles. The van der Waals surface area contributed by atoms with E-state index in [2.05, 4.69) is 10.6 Å². The quantitative estimate of drug-likeness (QED) is 0.765. The maximum atomic E-state index is 11.8. The van der Waals surface area contributed by atoms with Gasteiger partial charge in [0.1, 0.15) is 0 Å². The van der Waals surface area contributed by atoms with Gasteiger partial charge in [0.05, 0.1) is 18.2 Å². The maximum Gasteiger partial charge on any atom is 0.319 e. The Morgan fingerprint density at radius 3 is 2.74 bits per heavy atom. The number of carbonyl (C=O) groups excluding carboxylic acids is 1. The number of anilines is 1. The minimum absolute atomic E-state index is 0.301. The van der Waals surface area contributed by atoms with Gasteiger partial charge in [-0.3, -0.25) is 0 Å². The molecule has 0 heterocycles. The number of benzene rings is 1. The molecule has 0 saturated heterocycles. The zero-order valence-corrected chi connectivity index (χ0v) is 11.9. The fourth-order valence-electron chi connectivity index (χ4n) is 1.74. The Bertz CT molecular complexity index is 430. The number of methoxy groups -OCH3 is 1. The molecule has 106 valence electrons. The van der Waals surface area contributed by atoms with Gasteiger partial charge in [-0.1, -0.05) is 12.1 Å². The summed E-state index contributed by atoms with van der Waals surface area (Å²) in [7, 11) is 1.59. The van der Waals surface area contributed by atoms with E-state index in [1.807, 2.05) is 19.9 Å². The van der Waals surface area contributed by atoms with Crippen molar-refractivity contribution in [3.05, 3.63) is 29.8 Å². The van der Waals surface area contributed by atoms with Gasteiger partial charge in [0, 0.05) is 12.8 Å². The van der Waals surface area contributed by atoms with Gasteiger partial charge < -0.3 is 20.5 Å². The van der Waals surface area contributed by atoms with Gasteiger partial charge in [-0.15, -0.1) is 0 Å². The van der Waals surface area contributed by atoms with Crippen molar-refractivity contribution in [2.45, 2.75) is 32.4 Å². The van der Waals surface area contributed by atoms with Crippen molar-refractivity contribution in [2.75, 3.05) is 19.0 Å². The molecule has 0 aliphatic rings. The van der Waals surface area contributed by atoms with Crippen LogP contribution in [-0.2, 0) is 4.74 Å². The first-order valence-electron chi connectivity index (χ1n) is 6.20. The van der Waals surface area contributed by atoms with Gasteiger partial charge in [-0.2, -0.15) is 0 Å². The van der Waals surface area contributed by atoms with E-state index in [1.54, 1.807) is 32.2 Å². The molecule has 3 N–H and O–H groups in total. The molecule has 0 aromatic heterocycles. The first kappa shape index (κ1) is 15.5. The number of nitrogens with one attached hydrogen (secondary N) is 2. The van der Waals surface area contributed by atoms with Gasteiger partial charge in [0.2, 0.25) is 0 Å². The van der Waals surface area contributed by atoms with Crippen LogP contribution < -0.4 is 10.6 Å². The highest BCUT2D eigenvalue weighted by Crippen LogP contribution is 2.17. The van der Waals surface area contributed by atoms with Crippen molar-refractivity contribution >= 4 is 11.7 Å². The van der Waals surface area contributed by atoms with E-state index in [9.17, 15) is 9.90 Å². The van der Waals surface area contributed by atoms with Crippen LogP contribution in [0.4, 0.5) is 10.5 Å². The highest BCUT2D eigenvalue weighted by molar-refractivity contribution is 5.89. The summed E-state index contributed by atoms with van der Waals surface area (Å²) in [6.45, 7) is 5.86. The fourth-order valence-corrected chi connectivity index (χ4v) is 1.74. The van der Waals surface area contributed by atoms with E-state index < -0.39 is 11.6 Å². The highest BCUT2D eigenvalue weighted by atomic mass is 16.5. The second-order valence-electron chi connectivity index (χ2n) is 5.20. The molecule has 5 heteroatoms. The highest BCUT2D eigenvalue weighted by Gasteiger charge is 2.20. The lowest BCUT2D eigenvalue weighted by atomic mass is 10.1. The summed E-state index contributed by atoms with van der Waals surface area (Å²) in [5.74, 6) is 0. The van der Waals surface area contributed by atoms with Crippen molar-refractivity contribution in [1.29, 1.82) is 0 Å². The average Bonchev–Trinajstić information content (AvgIpc) is 2.27. The van der Waals surface area contributed by atoms with E-state index in [1.165, 1.54) is 0 Å². The molecule has 1 atom stereocenters. The topological polar surface area (TPSA) is 70.6 Å². The zero-order chi connectivity index (χ0) is 14.5. The van der Waals surface area contributed by atoms with Crippen molar-refractivity contribution < 1.29 is 14.6 Å². The third-order valence-electron chi connectivity index (χ3n) is 2.58. The number of ether oxygens (including phenoxy) is 1. The Morgan fingerprint density at radius 1 is 1.47 bits per heavy atom. The zero-order valence-electron chi connectivity index (χ0n) is 11.9. The molecule has 19 heavy (non-hydrogen) atoms. The minimum atomic E-state index is -0.560. The van der Waals surface area contributed by atoms with Crippen LogP contribution in [-0.4, -0.2) is 30.4 Å². The molecule has 0 saturated carbocycles. The monoisotopic (exact) mass is 266 g/mol. The fraction of sp³-hybridized carbons (Fsp3) is 0.500. The Labute approximate surface area is 114 Å². The first-order valence-corrected chi connectivity index (χ1v) is 6.20. The van der Waals surface area contributed by atoms with Crippen LogP contribution in [0.15, 0.2) is 24.3 Å². The van der Waals surface area contributed by atoms with Crippen LogP contribution >= 0.6 is 0 Å². The lowest BCUT2D eigenvalue weighted by Crippen LogP contribution is -2.48. The Hall–Kier alpha value is -1.59. The van der Waals surface area contributed by atoms with Gasteiger partial charge in [-0.25, -0.2) is 4.79 Å². The summed E-state index contributed by atoms with van der Waals surface area (Å²) >= 11 is 0. The summed E-state index contributed by atoms with van der Waals surface area (Å²) in [6.07, 6.45) is -0.560. The summed E-state index contributed by atoms with van der Waals surface area (Å²) < 4.78 is 5.03. The van der Waals surface area contributed by atoms with Crippen LogP contribution in [0.1, 0.15) is 32.4 Å². The van der Waals surface area contributed by atoms with E-state index in [0.717, 1.165) is 5.56 Å². The lowest BCUT2D eigenvalue weighted by molar-refractivity contribution is 0.133. The predicted molar refractivity (Wildman–Crippen MR) is 75.2 cm³/mol. The van der Waals surface area contributed by atoms with Crippen LogP contribution in [0.5, 0.6) is 0 Å². The second kappa shape index (κ2) is 6.54. The normalized spacial score (nSPS) is 12.9.